The Kier molecular flexibility index (Phi) is 8.42. The maximum absolute atomic E-state index is 11.3. The summed E-state index contributed by atoms with van der Waals surface area (Å²) in [5.74, 6) is 0.902. The summed E-state index contributed by atoms with van der Waals surface area (Å²) in [4.78, 5) is 11.3. The van der Waals surface area contributed by atoms with Gasteiger partial charge in [-0.1, -0.05) is 12.1 Å². The molecule has 1 aromatic carbocycles. The van der Waals surface area contributed by atoms with Crippen molar-refractivity contribution in [1.29, 1.82) is 0 Å². The van der Waals surface area contributed by atoms with E-state index in [1.807, 2.05) is 24.3 Å². The number of nitrogens with two attached hydrogens (primary N) is 1. The van der Waals surface area contributed by atoms with Crippen LogP contribution in [-0.4, -0.2) is 32.7 Å². The second kappa shape index (κ2) is 10.2. The van der Waals surface area contributed by atoms with E-state index in [0.29, 0.717) is 32.7 Å². The fraction of sp³-hybridized carbons (Fsp3) is 0.533. The minimum Gasteiger partial charge on any atom is -0.497 e. The molecule has 0 unspecified atom stereocenters. The number of carbonyl (C=O) groups is 1. The molecule has 3 N–H and O–H groups in total. The zero-order chi connectivity index (χ0) is 14.6. The highest BCUT2D eigenvalue weighted by Gasteiger charge is 1.99. The molecule has 0 saturated carbocycles. The van der Waals surface area contributed by atoms with E-state index in [1.165, 1.54) is 0 Å². The van der Waals surface area contributed by atoms with Gasteiger partial charge in [0.25, 0.3) is 0 Å². The Morgan fingerprint density at radius 1 is 1.25 bits per heavy atom. The SMILES string of the molecule is COc1ccc(COCCCNC(=O)CCCN)cc1. The van der Waals surface area contributed by atoms with Crippen molar-refractivity contribution in [3.63, 3.8) is 0 Å². The minimum absolute atomic E-state index is 0.0607. The first-order valence-corrected chi connectivity index (χ1v) is 6.93. The van der Waals surface area contributed by atoms with Crippen molar-refractivity contribution < 1.29 is 14.3 Å². The molecule has 0 bridgehead atoms. The number of rotatable bonds is 10. The first kappa shape index (κ1) is 16.5. The number of carbonyl (C=O) groups excluding carboxylic acids is 1. The van der Waals surface area contributed by atoms with Crippen molar-refractivity contribution in [3.8, 4) is 5.75 Å². The summed E-state index contributed by atoms with van der Waals surface area (Å²) in [6.07, 6.45) is 2.05. The Morgan fingerprint density at radius 3 is 2.65 bits per heavy atom. The average molecular weight is 280 g/mol. The second-order valence-electron chi connectivity index (χ2n) is 4.50. The van der Waals surface area contributed by atoms with Crippen LogP contribution in [0.15, 0.2) is 24.3 Å². The zero-order valence-corrected chi connectivity index (χ0v) is 12.1. The Morgan fingerprint density at radius 2 is 2.00 bits per heavy atom. The third kappa shape index (κ3) is 7.11. The predicted molar refractivity (Wildman–Crippen MR) is 78.6 cm³/mol. The van der Waals surface area contributed by atoms with Crippen molar-refractivity contribution >= 4 is 5.91 Å². The molecule has 1 amide bonds. The van der Waals surface area contributed by atoms with Crippen LogP contribution in [0.3, 0.4) is 0 Å². The molecule has 0 spiro atoms. The first-order chi connectivity index (χ1) is 9.76. The number of methoxy groups -OCH3 is 1. The molecule has 0 aliphatic rings. The third-order valence-corrected chi connectivity index (χ3v) is 2.82. The Balaban J connectivity index is 2.02. The van der Waals surface area contributed by atoms with E-state index >= 15 is 0 Å². The zero-order valence-electron chi connectivity index (χ0n) is 12.1. The van der Waals surface area contributed by atoms with Gasteiger partial charge in [-0.2, -0.15) is 0 Å². The smallest absolute Gasteiger partial charge is 0.220 e. The van der Waals surface area contributed by atoms with Crippen LogP contribution in [0.25, 0.3) is 0 Å². The fourth-order valence-electron chi connectivity index (χ4n) is 1.66. The van der Waals surface area contributed by atoms with E-state index in [-0.39, 0.29) is 5.91 Å². The molecule has 0 aromatic heterocycles. The molecule has 0 heterocycles. The van der Waals surface area contributed by atoms with Gasteiger partial charge in [0.05, 0.1) is 13.7 Å². The van der Waals surface area contributed by atoms with Gasteiger partial charge < -0.3 is 20.5 Å². The summed E-state index contributed by atoms with van der Waals surface area (Å²) < 4.78 is 10.6. The quantitative estimate of drug-likeness (QED) is 0.636. The number of hydrogen-bond donors (Lipinski definition) is 2. The van der Waals surface area contributed by atoms with E-state index < -0.39 is 0 Å². The minimum atomic E-state index is 0.0607. The van der Waals surface area contributed by atoms with Crippen molar-refractivity contribution in [1.82, 2.24) is 5.32 Å². The summed E-state index contributed by atoms with van der Waals surface area (Å²) >= 11 is 0. The molecule has 5 heteroatoms. The molecule has 0 aliphatic heterocycles. The molecule has 5 nitrogen and oxygen atoms in total. The third-order valence-electron chi connectivity index (χ3n) is 2.82. The monoisotopic (exact) mass is 280 g/mol. The summed E-state index contributed by atoms with van der Waals surface area (Å²) in [6, 6.07) is 7.79. The topological polar surface area (TPSA) is 73.6 Å². The van der Waals surface area contributed by atoms with E-state index in [4.69, 9.17) is 15.2 Å². The molecular formula is C15H24N2O3. The van der Waals surface area contributed by atoms with Gasteiger partial charge in [0.15, 0.2) is 0 Å². The number of benzene rings is 1. The van der Waals surface area contributed by atoms with Gasteiger partial charge >= 0.3 is 0 Å². The van der Waals surface area contributed by atoms with Crippen LogP contribution < -0.4 is 15.8 Å². The molecule has 0 atom stereocenters. The normalized spacial score (nSPS) is 10.3. The first-order valence-electron chi connectivity index (χ1n) is 6.93. The van der Waals surface area contributed by atoms with Crippen molar-refractivity contribution in [2.45, 2.75) is 25.9 Å². The molecule has 0 radical (unpaired) electrons. The summed E-state index contributed by atoms with van der Waals surface area (Å²) in [5.41, 5.74) is 6.45. The molecule has 0 aliphatic carbocycles. The van der Waals surface area contributed by atoms with Gasteiger partial charge in [-0.25, -0.2) is 0 Å². The van der Waals surface area contributed by atoms with Crippen LogP contribution in [0.2, 0.25) is 0 Å². The van der Waals surface area contributed by atoms with E-state index in [0.717, 1.165) is 24.2 Å². The number of ether oxygens (including phenoxy) is 2. The Hall–Kier alpha value is -1.59. The fourth-order valence-corrected chi connectivity index (χ4v) is 1.66. The highest BCUT2D eigenvalue weighted by molar-refractivity contribution is 5.75. The average Bonchev–Trinajstić information content (AvgIpc) is 2.49. The molecule has 1 rings (SSSR count). The summed E-state index contributed by atoms with van der Waals surface area (Å²) in [7, 11) is 1.65. The van der Waals surface area contributed by atoms with Crippen LogP contribution in [0, 0.1) is 0 Å². The lowest BCUT2D eigenvalue weighted by atomic mass is 10.2. The lowest BCUT2D eigenvalue weighted by Gasteiger charge is -2.07. The standard InChI is InChI=1S/C15H24N2O3/c1-19-14-7-5-13(6-8-14)12-20-11-3-10-17-15(18)4-2-9-16/h5-8H,2-4,9-12,16H2,1H3,(H,17,18). The van der Waals surface area contributed by atoms with Crippen LogP contribution in [-0.2, 0) is 16.1 Å². The maximum atomic E-state index is 11.3. The molecule has 1 aromatic rings. The second-order valence-corrected chi connectivity index (χ2v) is 4.50. The highest BCUT2D eigenvalue weighted by atomic mass is 16.5. The lowest BCUT2D eigenvalue weighted by molar-refractivity contribution is -0.121. The Labute approximate surface area is 120 Å². The number of hydrogen-bond acceptors (Lipinski definition) is 4. The van der Waals surface area contributed by atoms with E-state index in [2.05, 4.69) is 5.32 Å². The summed E-state index contributed by atoms with van der Waals surface area (Å²) in [6.45, 7) is 2.40. The van der Waals surface area contributed by atoms with E-state index in [1.54, 1.807) is 7.11 Å². The maximum Gasteiger partial charge on any atom is 0.220 e. The lowest BCUT2D eigenvalue weighted by Crippen LogP contribution is -2.25. The molecule has 0 saturated heterocycles. The van der Waals surface area contributed by atoms with E-state index in [9.17, 15) is 4.79 Å². The van der Waals surface area contributed by atoms with Crippen LogP contribution in [0.5, 0.6) is 5.75 Å². The van der Waals surface area contributed by atoms with Crippen LogP contribution in [0.1, 0.15) is 24.8 Å². The van der Waals surface area contributed by atoms with Crippen LogP contribution >= 0.6 is 0 Å². The number of amides is 1. The molecule has 20 heavy (non-hydrogen) atoms. The molecule has 0 fully saturated rings. The van der Waals surface area contributed by atoms with Gasteiger partial charge in [-0.15, -0.1) is 0 Å². The van der Waals surface area contributed by atoms with Crippen LogP contribution in [0.4, 0.5) is 0 Å². The van der Waals surface area contributed by atoms with Gasteiger partial charge in [0.2, 0.25) is 5.91 Å². The number of nitrogens with one attached hydrogen (secondary N) is 1. The van der Waals surface area contributed by atoms with Crippen molar-refractivity contribution in [2.75, 3.05) is 26.8 Å². The molecular weight excluding hydrogens is 256 g/mol. The van der Waals surface area contributed by atoms with Gasteiger partial charge in [0, 0.05) is 19.6 Å². The van der Waals surface area contributed by atoms with Crippen molar-refractivity contribution in [3.05, 3.63) is 29.8 Å². The van der Waals surface area contributed by atoms with Gasteiger partial charge in [0.1, 0.15) is 5.75 Å². The highest BCUT2D eigenvalue weighted by Crippen LogP contribution is 2.11. The molecule has 112 valence electrons. The largest absolute Gasteiger partial charge is 0.497 e. The van der Waals surface area contributed by atoms with Gasteiger partial charge in [-0.3, -0.25) is 4.79 Å². The van der Waals surface area contributed by atoms with Crippen molar-refractivity contribution in [2.24, 2.45) is 5.73 Å². The Bertz CT molecular complexity index is 379. The predicted octanol–water partition coefficient (Wildman–Crippen LogP) is 1.46. The summed E-state index contributed by atoms with van der Waals surface area (Å²) in [5, 5.41) is 2.84. The van der Waals surface area contributed by atoms with Gasteiger partial charge in [-0.05, 0) is 37.1 Å².